The minimum Gasteiger partial charge on any atom is -0.345 e. The van der Waals surface area contributed by atoms with Crippen molar-refractivity contribution < 1.29 is 9.59 Å². The molecule has 1 saturated carbocycles. The molecule has 1 aromatic heterocycles. The number of carbonyl (C=O) groups is 2. The van der Waals surface area contributed by atoms with Crippen molar-refractivity contribution >= 4 is 11.8 Å². The van der Waals surface area contributed by atoms with Crippen LogP contribution in [0.25, 0.3) is 0 Å². The molecule has 0 bridgehead atoms. The summed E-state index contributed by atoms with van der Waals surface area (Å²) in [5, 5.41) is 0. The number of hydrogen-bond acceptors (Lipinski definition) is 3. The SMILES string of the molecule is Cc1cc(C(=O)N2CCN(CC(=O)N3CCCC3)CC2)c(C)n1C1CCCCC1. The molecule has 3 fully saturated rings. The molecular weight excluding hydrogens is 364 g/mol. The molecule has 3 heterocycles. The summed E-state index contributed by atoms with van der Waals surface area (Å²) in [5.41, 5.74) is 3.22. The lowest BCUT2D eigenvalue weighted by Crippen LogP contribution is -2.51. The van der Waals surface area contributed by atoms with Crippen molar-refractivity contribution in [2.75, 3.05) is 45.8 Å². The Morgan fingerprint density at radius 3 is 2.17 bits per heavy atom. The van der Waals surface area contributed by atoms with Crippen molar-refractivity contribution in [1.29, 1.82) is 0 Å². The Balaban J connectivity index is 1.35. The molecule has 0 unspecified atom stereocenters. The molecule has 29 heavy (non-hydrogen) atoms. The van der Waals surface area contributed by atoms with Gasteiger partial charge in [0.25, 0.3) is 5.91 Å². The fourth-order valence-electron chi connectivity index (χ4n) is 5.43. The van der Waals surface area contributed by atoms with E-state index in [0.29, 0.717) is 25.7 Å². The van der Waals surface area contributed by atoms with Gasteiger partial charge in [-0.15, -0.1) is 0 Å². The number of aromatic nitrogens is 1. The Labute approximate surface area is 174 Å². The quantitative estimate of drug-likeness (QED) is 0.781. The highest BCUT2D eigenvalue weighted by Gasteiger charge is 2.28. The van der Waals surface area contributed by atoms with Gasteiger partial charge in [0.15, 0.2) is 0 Å². The molecule has 1 aliphatic carbocycles. The average Bonchev–Trinajstić information content (AvgIpc) is 3.37. The Bertz CT molecular complexity index is 736. The topological polar surface area (TPSA) is 48.8 Å². The van der Waals surface area contributed by atoms with Gasteiger partial charge in [-0.2, -0.15) is 0 Å². The van der Waals surface area contributed by atoms with E-state index >= 15 is 0 Å². The number of amides is 2. The molecule has 2 aliphatic heterocycles. The highest BCUT2D eigenvalue weighted by atomic mass is 16.2. The largest absolute Gasteiger partial charge is 0.345 e. The molecule has 160 valence electrons. The molecule has 2 saturated heterocycles. The number of piperazine rings is 1. The molecule has 0 atom stereocenters. The first kappa shape index (κ1) is 20.5. The summed E-state index contributed by atoms with van der Waals surface area (Å²) in [7, 11) is 0. The number of rotatable bonds is 4. The molecule has 0 radical (unpaired) electrons. The van der Waals surface area contributed by atoms with Gasteiger partial charge in [0.2, 0.25) is 5.91 Å². The van der Waals surface area contributed by atoms with Gasteiger partial charge >= 0.3 is 0 Å². The summed E-state index contributed by atoms with van der Waals surface area (Å²) in [6.07, 6.45) is 8.65. The van der Waals surface area contributed by atoms with Crippen LogP contribution in [-0.2, 0) is 4.79 Å². The first-order valence-electron chi connectivity index (χ1n) is 11.5. The summed E-state index contributed by atoms with van der Waals surface area (Å²) in [5.74, 6) is 0.406. The summed E-state index contributed by atoms with van der Waals surface area (Å²) >= 11 is 0. The number of nitrogens with zero attached hydrogens (tertiary/aromatic N) is 4. The minimum atomic E-state index is 0.158. The molecule has 3 aliphatic rings. The van der Waals surface area contributed by atoms with Crippen LogP contribution in [-0.4, -0.2) is 76.9 Å². The summed E-state index contributed by atoms with van der Waals surface area (Å²) < 4.78 is 2.41. The molecule has 0 N–H and O–H groups in total. The number of aryl methyl sites for hydroxylation is 1. The molecular formula is C23H36N4O2. The second-order valence-corrected chi connectivity index (χ2v) is 9.10. The third-order valence-corrected chi connectivity index (χ3v) is 7.13. The summed E-state index contributed by atoms with van der Waals surface area (Å²) in [6, 6.07) is 2.65. The van der Waals surface area contributed by atoms with Crippen LogP contribution in [0.15, 0.2) is 6.07 Å². The van der Waals surface area contributed by atoms with Gasteiger partial charge < -0.3 is 14.4 Å². The van der Waals surface area contributed by atoms with Gasteiger partial charge in [0.1, 0.15) is 0 Å². The average molecular weight is 401 g/mol. The van der Waals surface area contributed by atoms with E-state index in [1.165, 1.54) is 37.8 Å². The highest BCUT2D eigenvalue weighted by Crippen LogP contribution is 2.32. The monoisotopic (exact) mass is 400 g/mol. The first-order valence-corrected chi connectivity index (χ1v) is 11.5. The van der Waals surface area contributed by atoms with Gasteiger partial charge in [0.05, 0.1) is 12.1 Å². The van der Waals surface area contributed by atoms with Crippen molar-refractivity contribution in [3.63, 3.8) is 0 Å². The van der Waals surface area contributed by atoms with Crippen molar-refractivity contribution in [1.82, 2.24) is 19.3 Å². The predicted molar refractivity (Wildman–Crippen MR) is 114 cm³/mol. The molecule has 2 amide bonds. The van der Waals surface area contributed by atoms with E-state index in [1.54, 1.807) is 0 Å². The van der Waals surface area contributed by atoms with Crippen LogP contribution in [0.4, 0.5) is 0 Å². The lowest BCUT2D eigenvalue weighted by atomic mass is 9.95. The van der Waals surface area contributed by atoms with Crippen LogP contribution in [0.1, 0.15) is 72.7 Å². The maximum atomic E-state index is 13.2. The maximum Gasteiger partial charge on any atom is 0.255 e. The zero-order valence-corrected chi connectivity index (χ0v) is 18.2. The van der Waals surface area contributed by atoms with Crippen LogP contribution in [0.5, 0.6) is 0 Å². The number of likely N-dealkylation sites (tertiary alicyclic amines) is 1. The van der Waals surface area contributed by atoms with Crippen molar-refractivity contribution in [3.05, 3.63) is 23.0 Å². The van der Waals surface area contributed by atoms with Gasteiger partial charge in [0, 0.05) is 56.7 Å². The number of carbonyl (C=O) groups excluding carboxylic acids is 2. The van der Waals surface area contributed by atoms with Crippen molar-refractivity contribution in [2.45, 2.75) is 64.8 Å². The van der Waals surface area contributed by atoms with E-state index in [0.717, 1.165) is 50.3 Å². The first-order chi connectivity index (χ1) is 14.0. The lowest BCUT2D eigenvalue weighted by Gasteiger charge is -2.35. The molecule has 6 heteroatoms. The smallest absolute Gasteiger partial charge is 0.255 e. The Hall–Kier alpha value is -1.82. The van der Waals surface area contributed by atoms with E-state index < -0.39 is 0 Å². The van der Waals surface area contributed by atoms with Gasteiger partial charge in [-0.1, -0.05) is 19.3 Å². The fourth-order valence-corrected chi connectivity index (χ4v) is 5.43. The Morgan fingerprint density at radius 1 is 0.862 bits per heavy atom. The lowest BCUT2D eigenvalue weighted by molar-refractivity contribution is -0.131. The van der Waals surface area contributed by atoms with E-state index in [1.807, 2.05) is 9.80 Å². The molecule has 0 spiro atoms. The second-order valence-electron chi connectivity index (χ2n) is 9.10. The van der Waals surface area contributed by atoms with Crippen LogP contribution in [0.3, 0.4) is 0 Å². The van der Waals surface area contributed by atoms with Gasteiger partial charge in [-0.3, -0.25) is 14.5 Å². The maximum absolute atomic E-state index is 13.2. The second kappa shape index (κ2) is 8.90. The molecule has 1 aromatic rings. The van der Waals surface area contributed by atoms with Crippen LogP contribution >= 0.6 is 0 Å². The third kappa shape index (κ3) is 4.37. The summed E-state index contributed by atoms with van der Waals surface area (Å²) in [4.78, 5) is 31.8. The Morgan fingerprint density at radius 2 is 1.52 bits per heavy atom. The minimum absolute atomic E-state index is 0.158. The predicted octanol–water partition coefficient (Wildman–Crippen LogP) is 2.99. The highest BCUT2D eigenvalue weighted by molar-refractivity contribution is 5.95. The van der Waals surface area contributed by atoms with Crippen molar-refractivity contribution in [3.8, 4) is 0 Å². The zero-order valence-electron chi connectivity index (χ0n) is 18.2. The van der Waals surface area contributed by atoms with E-state index in [-0.39, 0.29) is 11.8 Å². The zero-order chi connectivity index (χ0) is 20.4. The normalized spacial score (nSPS) is 21.7. The molecule has 4 rings (SSSR count). The molecule has 0 aromatic carbocycles. The van der Waals surface area contributed by atoms with Crippen molar-refractivity contribution in [2.24, 2.45) is 0 Å². The van der Waals surface area contributed by atoms with E-state index in [2.05, 4.69) is 29.4 Å². The van der Waals surface area contributed by atoms with Gasteiger partial charge in [-0.25, -0.2) is 0 Å². The molecule has 6 nitrogen and oxygen atoms in total. The van der Waals surface area contributed by atoms with Gasteiger partial charge in [-0.05, 0) is 45.6 Å². The Kier molecular flexibility index (Phi) is 6.28. The standard InChI is InChI=1S/C23H36N4O2/c1-18-16-21(19(2)27(18)20-8-4-3-5-9-20)23(29)26-14-12-24(13-15-26)17-22(28)25-10-6-7-11-25/h16,20H,3-15,17H2,1-2H3. The van der Waals surface area contributed by atoms with Crippen LogP contribution in [0, 0.1) is 13.8 Å². The third-order valence-electron chi connectivity index (χ3n) is 7.13. The summed E-state index contributed by atoms with van der Waals surface area (Å²) in [6.45, 7) is 9.55. The van der Waals surface area contributed by atoms with E-state index in [9.17, 15) is 9.59 Å². The number of hydrogen-bond donors (Lipinski definition) is 0. The van der Waals surface area contributed by atoms with Crippen LogP contribution in [0.2, 0.25) is 0 Å². The fraction of sp³-hybridized carbons (Fsp3) is 0.739. The van der Waals surface area contributed by atoms with Crippen LogP contribution < -0.4 is 0 Å². The van der Waals surface area contributed by atoms with E-state index in [4.69, 9.17) is 0 Å².